The van der Waals surface area contributed by atoms with Crippen molar-refractivity contribution in [1.82, 2.24) is 0 Å². The summed E-state index contributed by atoms with van der Waals surface area (Å²) >= 11 is 5.63. The SMILES string of the molecule is Cl.O=C(O)CNc1ccc(Cl)cc1. The number of hydrogen-bond donors (Lipinski definition) is 2. The summed E-state index contributed by atoms with van der Waals surface area (Å²) in [5, 5.41) is 11.7. The lowest BCUT2D eigenvalue weighted by Gasteiger charge is -2.01. The van der Waals surface area contributed by atoms with E-state index in [9.17, 15) is 4.79 Å². The first-order valence-corrected chi connectivity index (χ1v) is 3.77. The van der Waals surface area contributed by atoms with Gasteiger partial charge in [0.25, 0.3) is 0 Å². The highest BCUT2D eigenvalue weighted by atomic mass is 35.5. The van der Waals surface area contributed by atoms with E-state index >= 15 is 0 Å². The van der Waals surface area contributed by atoms with Crippen LogP contribution < -0.4 is 5.32 Å². The monoisotopic (exact) mass is 221 g/mol. The van der Waals surface area contributed by atoms with Gasteiger partial charge in [0.2, 0.25) is 0 Å². The van der Waals surface area contributed by atoms with Gasteiger partial charge in [-0.25, -0.2) is 0 Å². The minimum Gasteiger partial charge on any atom is -0.480 e. The highest BCUT2D eigenvalue weighted by Crippen LogP contribution is 2.12. The third-order valence-electron chi connectivity index (χ3n) is 1.29. The van der Waals surface area contributed by atoms with E-state index in [1.165, 1.54) is 0 Å². The number of hydrogen-bond acceptors (Lipinski definition) is 2. The average Bonchev–Trinajstić information content (AvgIpc) is 2.03. The van der Waals surface area contributed by atoms with Gasteiger partial charge in [-0.15, -0.1) is 12.4 Å². The highest BCUT2D eigenvalue weighted by molar-refractivity contribution is 6.30. The van der Waals surface area contributed by atoms with Crippen LogP contribution in [0, 0.1) is 0 Å². The van der Waals surface area contributed by atoms with Crippen LogP contribution in [0.4, 0.5) is 5.69 Å². The predicted molar refractivity (Wildman–Crippen MR) is 54.8 cm³/mol. The fraction of sp³-hybridized carbons (Fsp3) is 0.125. The predicted octanol–water partition coefficient (Wildman–Crippen LogP) is 2.26. The Morgan fingerprint density at radius 1 is 1.38 bits per heavy atom. The Morgan fingerprint density at radius 3 is 2.38 bits per heavy atom. The second kappa shape index (κ2) is 5.67. The molecule has 72 valence electrons. The summed E-state index contributed by atoms with van der Waals surface area (Å²) in [4.78, 5) is 10.2. The van der Waals surface area contributed by atoms with Crippen LogP contribution in [-0.4, -0.2) is 17.6 Å². The molecule has 2 N–H and O–H groups in total. The minimum absolute atomic E-state index is 0. The van der Waals surface area contributed by atoms with Crippen molar-refractivity contribution in [3.05, 3.63) is 29.3 Å². The first kappa shape index (κ1) is 12.1. The first-order chi connectivity index (χ1) is 5.68. The summed E-state index contributed by atoms with van der Waals surface area (Å²) in [6.07, 6.45) is 0. The quantitative estimate of drug-likeness (QED) is 0.824. The van der Waals surface area contributed by atoms with E-state index in [4.69, 9.17) is 16.7 Å². The van der Waals surface area contributed by atoms with Gasteiger partial charge in [0.05, 0.1) is 0 Å². The van der Waals surface area contributed by atoms with E-state index in [1.54, 1.807) is 24.3 Å². The normalized spacial score (nSPS) is 8.69. The Hall–Kier alpha value is -0.930. The van der Waals surface area contributed by atoms with Crippen molar-refractivity contribution in [2.24, 2.45) is 0 Å². The van der Waals surface area contributed by atoms with E-state index in [1.807, 2.05) is 0 Å². The maximum absolute atomic E-state index is 10.2. The molecule has 0 amide bonds. The number of aliphatic carboxylic acids is 1. The number of halogens is 2. The Bertz CT molecular complexity index is 274. The number of nitrogens with one attached hydrogen (secondary N) is 1. The van der Waals surface area contributed by atoms with Crippen LogP contribution in [0.25, 0.3) is 0 Å². The van der Waals surface area contributed by atoms with Crippen LogP contribution >= 0.6 is 24.0 Å². The molecule has 0 radical (unpaired) electrons. The van der Waals surface area contributed by atoms with Gasteiger partial charge < -0.3 is 10.4 Å². The summed E-state index contributed by atoms with van der Waals surface area (Å²) in [7, 11) is 0. The van der Waals surface area contributed by atoms with E-state index in [2.05, 4.69) is 5.32 Å². The van der Waals surface area contributed by atoms with Gasteiger partial charge in [-0.1, -0.05) is 11.6 Å². The summed E-state index contributed by atoms with van der Waals surface area (Å²) in [6, 6.07) is 6.86. The van der Waals surface area contributed by atoms with Gasteiger partial charge in [0.1, 0.15) is 6.54 Å². The molecule has 13 heavy (non-hydrogen) atoms. The maximum Gasteiger partial charge on any atom is 0.322 e. The number of anilines is 1. The van der Waals surface area contributed by atoms with Crippen LogP contribution in [0.1, 0.15) is 0 Å². The third-order valence-corrected chi connectivity index (χ3v) is 1.54. The topological polar surface area (TPSA) is 49.3 Å². The Morgan fingerprint density at radius 2 is 1.92 bits per heavy atom. The van der Waals surface area contributed by atoms with Crippen molar-refractivity contribution in [3.63, 3.8) is 0 Å². The Balaban J connectivity index is 0.00000144. The van der Waals surface area contributed by atoms with Crippen LogP contribution in [0.5, 0.6) is 0 Å². The number of carboxylic acids is 1. The van der Waals surface area contributed by atoms with E-state index in [0.717, 1.165) is 5.69 Å². The molecule has 0 saturated carbocycles. The molecule has 0 heterocycles. The molecule has 0 fully saturated rings. The summed E-state index contributed by atoms with van der Waals surface area (Å²) in [5.41, 5.74) is 0.752. The lowest BCUT2D eigenvalue weighted by Crippen LogP contribution is -2.11. The largest absolute Gasteiger partial charge is 0.480 e. The lowest BCUT2D eigenvalue weighted by atomic mass is 10.3. The van der Waals surface area contributed by atoms with Crippen molar-refractivity contribution in [3.8, 4) is 0 Å². The second-order valence-electron chi connectivity index (χ2n) is 2.25. The summed E-state index contributed by atoms with van der Waals surface area (Å²) in [6.45, 7) is -0.0817. The van der Waals surface area contributed by atoms with Crippen molar-refractivity contribution in [2.45, 2.75) is 0 Å². The standard InChI is InChI=1S/C8H8ClNO2.ClH/c9-6-1-3-7(4-2-6)10-5-8(11)12;/h1-4,10H,5H2,(H,11,12);1H. The first-order valence-electron chi connectivity index (χ1n) is 3.40. The number of benzene rings is 1. The van der Waals surface area contributed by atoms with Gasteiger partial charge >= 0.3 is 5.97 Å². The zero-order valence-electron chi connectivity index (χ0n) is 6.66. The molecule has 0 bridgehead atoms. The molecule has 1 aromatic carbocycles. The number of rotatable bonds is 3. The average molecular weight is 222 g/mol. The molecule has 0 aromatic heterocycles. The molecule has 0 atom stereocenters. The molecule has 0 aliphatic carbocycles. The molecule has 0 saturated heterocycles. The fourth-order valence-corrected chi connectivity index (χ4v) is 0.871. The van der Waals surface area contributed by atoms with Gasteiger partial charge in [-0.2, -0.15) is 0 Å². The lowest BCUT2D eigenvalue weighted by molar-refractivity contribution is -0.134. The summed E-state index contributed by atoms with van der Waals surface area (Å²) < 4.78 is 0. The van der Waals surface area contributed by atoms with Crippen molar-refractivity contribution < 1.29 is 9.90 Å². The van der Waals surface area contributed by atoms with Gasteiger partial charge in [-0.3, -0.25) is 4.79 Å². The van der Waals surface area contributed by atoms with Gasteiger partial charge in [0.15, 0.2) is 0 Å². The molecular formula is C8H9Cl2NO2. The molecule has 5 heteroatoms. The van der Waals surface area contributed by atoms with Crippen molar-refractivity contribution in [2.75, 3.05) is 11.9 Å². The van der Waals surface area contributed by atoms with Crippen LogP contribution in [-0.2, 0) is 4.79 Å². The maximum atomic E-state index is 10.2. The smallest absolute Gasteiger partial charge is 0.322 e. The Labute approximate surface area is 87.1 Å². The number of carboxylic acid groups (broad SMARTS) is 1. The fourth-order valence-electron chi connectivity index (χ4n) is 0.745. The molecule has 1 aromatic rings. The summed E-state index contributed by atoms with van der Waals surface area (Å²) in [5.74, 6) is -0.884. The van der Waals surface area contributed by atoms with E-state index < -0.39 is 5.97 Å². The van der Waals surface area contributed by atoms with Crippen molar-refractivity contribution >= 4 is 35.7 Å². The zero-order chi connectivity index (χ0) is 8.97. The van der Waals surface area contributed by atoms with Crippen LogP contribution in [0.15, 0.2) is 24.3 Å². The highest BCUT2D eigenvalue weighted by Gasteiger charge is 1.95. The third kappa shape index (κ3) is 4.60. The van der Waals surface area contributed by atoms with E-state index in [-0.39, 0.29) is 19.0 Å². The molecule has 0 aliphatic rings. The molecule has 0 spiro atoms. The second-order valence-corrected chi connectivity index (χ2v) is 2.69. The number of carbonyl (C=O) groups is 1. The van der Waals surface area contributed by atoms with Crippen LogP contribution in [0.2, 0.25) is 5.02 Å². The Kier molecular flexibility index (Phi) is 5.26. The molecule has 0 aliphatic heterocycles. The molecule has 3 nitrogen and oxygen atoms in total. The van der Waals surface area contributed by atoms with Crippen LogP contribution in [0.3, 0.4) is 0 Å². The minimum atomic E-state index is -0.884. The molecule has 0 unspecified atom stereocenters. The van der Waals surface area contributed by atoms with Crippen molar-refractivity contribution in [1.29, 1.82) is 0 Å². The zero-order valence-corrected chi connectivity index (χ0v) is 8.23. The van der Waals surface area contributed by atoms with Gasteiger partial charge in [0, 0.05) is 10.7 Å². The van der Waals surface area contributed by atoms with Gasteiger partial charge in [-0.05, 0) is 24.3 Å². The molecule has 1 rings (SSSR count). The van der Waals surface area contributed by atoms with E-state index in [0.29, 0.717) is 5.02 Å². The molecular weight excluding hydrogens is 213 g/mol.